The van der Waals surface area contributed by atoms with Gasteiger partial charge in [-0.1, -0.05) is 12.1 Å². The molecule has 0 aliphatic carbocycles. The van der Waals surface area contributed by atoms with Crippen LogP contribution in [0.1, 0.15) is 28.4 Å². The average Bonchev–Trinajstić information content (AvgIpc) is 2.36. The SMILES string of the molecule is COC(=O)c1cccc(C(O)CC(F)(F)C(F)(F)F)c1. The van der Waals surface area contributed by atoms with Crippen LogP contribution in [0.5, 0.6) is 0 Å². The van der Waals surface area contributed by atoms with Crippen LogP contribution in [0.4, 0.5) is 22.0 Å². The molecule has 1 aromatic carbocycles. The Kier molecular flexibility index (Phi) is 4.69. The number of alkyl halides is 5. The number of aliphatic hydroxyl groups is 1. The van der Waals surface area contributed by atoms with Crippen LogP contribution < -0.4 is 0 Å². The van der Waals surface area contributed by atoms with Gasteiger partial charge in [0.15, 0.2) is 0 Å². The third-order valence-electron chi connectivity index (χ3n) is 2.56. The molecule has 1 unspecified atom stereocenters. The van der Waals surface area contributed by atoms with Crippen molar-refractivity contribution in [3.8, 4) is 0 Å². The van der Waals surface area contributed by atoms with Crippen LogP contribution in [-0.4, -0.2) is 30.3 Å². The molecule has 0 amide bonds. The Labute approximate surface area is 111 Å². The highest BCUT2D eigenvalue weighted by Gasteiger charge is 2.58. The molecule has 0 saturated heterocycles. The third kappa shape index (κ3) is 3.66. The lowest BCUT2D eigenvalue weighted by Gasteiger charge is -2.22. The number of aliphatic hydroxyl groups excluding tert-OH is 1. The summed E-state index contributed by atoms with van der Waals surface area (Å²) in [6, 6.07) is 4.67. The quantitative estimate of drug-likeness (QED) is 0.686. The zero-order valence-electron chi connectivity index (χ0n) is 10.2. The summed E-state index contributed by atoms with van der Waals surface area (Å²) in [6.07, 6.45) is -9.62. The van der Waals surface area contributed by atoms with Crippen molar-refractivity contribution in [2.75, 3.05) is 7.11 Å². The molecule has 0 aromatic heterocycles. The van der Waals surface area contributed by atoms with Crippen molar-refractivity contribution in [1.29, 1.82) is 0 Å². The summed E-state index contributed by atoms with van der Waals surface area (Å²) in [7, 11) is 1.09. The number of benzene rings is 1. The van der Waals surface area contributed by atoms with Gasteiger partial charge in [-0.25, -0.2) is 4.79 Å². The number of carbonyl (C=O) groups excluding carboxylic acids is 1. The molecule has 8 heteroatoms. The number of carbonyl (C=O) groups is 1. The lowest BCUT2D eigenvalue weighted by atomic mass is 10.0. The van der Waals surface area contributed by atoms with Crippen molar-refractivity contribution in [2.24, 2.45) is 0 Å². The maximum Gasteiger partial charge on any atom is 0.453 e. The van der Waals surface area contributed by atoms with Crippen LogP contribution in [0.3, 0.4) is 0 Å². The fourth-order valence-corrected chi connectivity index (χ4v) is 1.47. The number of ether oxygens (including phenoxy) is 1. The van der Waals surface area contributed by atoms with E-state index in [4.69, 9.17) is 0 Å². The number of methoxy groups -OCH3 is 1. The smallest absolute Gasteiger partial charge is 0.453 e. The molecule has 0 spiro atoms. The summed E-state index contributed by atoms with van der Waals surface area (Å²) in [5.74, 6) is -5.81. The minimum Gasteiger partial charge on any atom is -0.465 e. The first-order valence-electron chi connectivity index (χ1n) is 5.39. The predicted molar refractivity (Wildman–Crippen MR) is 58.4 cm³/mol. The van der Waals surface area contributed by atoms with E-state index in [2.05, 4.69) is 4.74 Å². The second-order valence-electron chi connectivity index (χ2n) is 4.04. The Bertz CT molecular complexity index is 484. The molecule has 1 aromatic rings. The molecule has 0 saturated carbocycles. The average molecular weight is 298 g/mol. The molecular weight excluding hydrogens is 287 g/mol. The molecule has 1 N–H and O–H groups in total. The van der Waals surface area contributed by atoms with Crippen LogP contribution in [0.15, 0.2) is 24.3 Å². The summed E-state index contributed by atoms with van der Waals surface area (Å²) in [5, 5.41) is 9.47. The molecule has 0 aliphatic heterocycles. The van der Waals surface area contributed by atoms with Gasteiger partial charge >= 0.3 is 18.1 Å². The number of halogens is 5. The van der Waals surface area contributed by atoms with E-state index in [0.717, 1.165) is 19.2 Å². The van der Waals surface area contributed by atoms with Gasteiger partial charge in [0.25, 0.3) is 0 Å². The largest absolute Gasteiger partial charge is 0.465 e. The molecule has 0 heterocycles. The van der Waals surface area contributed by atoms with E-state index >= 15 is 0 Å². The summed E-state index contributed by atoms with van der Waals surface area (Å²) < 4.78 is 66.1. The first-order valence-corrected chi connectivity index (χ1v) is 5.39. The fraction of sp³-hybridized carbons (Fsp3) is 0.417. The number of rotatable bonds is 4. The monoisotopic (exact) mass is 298 g/mol. The minimum atomic E-state index is -5.74. The van der Waals surface area contributed by atoms with Crippen molar-refractivity contribution in [2.45, 2.75) is 24.6 Å². The topological polar surface area (TPSA) is 46.5 Å². The van der Waals surface area contributed by atoms with Gasteiger partial charge in [-0.3, -0.25) is 0 Å². The first-order chi connectivity index (χ1) is 9.08. The van der Waals surface area contributed by atoms with Gasteiger partial charge in [0.2, 0.25) is 0 Å². The number of esters is 1. The summed E-state index contributed by atoms with van der Waals surface area (Å²) in [5.41, 5.74) is -0.281. The van der Waals surface area contributed by atoms with E-state index in [9.17, 15) is 31.9 Å². The van der Waals surface area contributed by atoms with Crippen molar-refractivity contribution in [1.82, 2.24) is 0 Å². The van der Waals surface area contributed by atoms with E-state index in [-0.39, 0.29) is 11.1 Å². The van der Waals surface area contributed by atoms with E-state index in [1.807, 2.05) is 0 Å². The predicted octanol–water partition coefficient (Wildman–Crippen LogP) is 3.09. The Morgan fingerprint density at radius 3 is 2.40 bits per heavy atom. The van der Waals surface area contributed by atoms with E-state index in [1.165, 1.54) is 12.1 Å². The highest BCUT2D eigenvalue weighted by atomic mass is 19.4. The maximum atomic E-state index is 12.8. The third-order valence-corrected chi connectivity index (χ3v) is 2.56. The van der Waals surface area contributed by atoms with Crippen molar-refractivity contribution in [3.05, 3.63) is 35.4 Å². The second kappa shape index (κ2) is 5.74. The zero-order valence-corrected chi connectivity index (χ0v) is 10.2. The molecule has 0 bridgehead atoms. The molecule has 0 aliphatic rings. The molecule has 20 heavy (non-hydrogen) atoms. The highest BCUT2D eigenvalue weighted by molar-refractivity contribution is 5.89. The maximum absolute atomic E-state index is 12.8. The zero-order chi connectivity index (χ0) is 15.6. The van der Waals surface area contributed by atoms with E-state index in [1.54, 1.807) is 0 Å². The molecule has 3 nitrogen and oxygen atoms in total. The highest BCUT2D eigenvalue weighted by Crippen LogP contribution is 2.41. The molecule has 1 atom stereocenters. The van der Waals surface area contributed by atoms with Crippen LogP contribution in [0.2, 0.25) is 0 Å². The van der Waals surface area contributed by atoms with Crippen molar-refractivity contribution < 1.29 is 36.6 Å². The van der Waals surface area contributed by atoms with Crippen LogP contribution >= 0.6 is 0 Å². The van der Waals surface area contributed by atoms with Gasteiger partial charge in [-0.15, -0.1) is 0 Å². The number of hydrogen-bond acceptors (Lipinski definition) is 3. The molecule has 0 fully saturated rings. The first kappa shape index (κ1) is 16.4. The standard InChI is InChI=1S/C12H11F5O3/c1-20-10(19)8-4-2-3-7(5-8)9(18)6-11(13,14)12(15,16)17/h2-5,9,18H,6H2,1H3. The Balaban J connectivity index is 2.93. The summed E-state index contributed by atoms with van der Waals surface area (Å²) >= 11 is 0. The lowest BCUT2D eigenvalue weighted by molar-refractivity contribution is -0.290. The summed E-state index contributed by atoms with van der Waals surface area (Å²) in [4.78, 5) is 11.2. The van der Waals surface area contributed by atoms with E-state index in [0.29, 0.717) is 0 Å². The van der Waals surface area contributed by atoms with Gasteiger partial charge in [0, 0.05) is 0 Å². The van der Waals surface area contributed by atoms with Crippen molar-refractivity contribution >= 4 is 5.97 Å². The molecule has 112 valence electrons. The molecule has 0 radical (unpaired) electrons. The lowest BCUT2D eigenvalue weighted by Crippen LogP contribution is -2.37. The Morgan fingerprint density at radius 2 is 1.90 bits per heavy atom. The van der Waals surface area contributed by atoms with Crippen molar-refractivity contribution in [3.63, 3.8) is 0 Å². The van der Waals surface area contributed by atoms with Crippen LogP contribution in [0, 0.1) is 0 Å². The Morgan fingerprint density at radius 1 is 1.30 bits per heavy atom. The minimum absolute atomic E-state index is 0.0561. The molecular formula is C12H11F5O3. The van der Waals surface area contributed by atoms with Crippen LogP contribution in [0.25, 0.3) is 0 Å². The van der Waals surface area contributed by atoms with Gasteiger partial charge in [0.1, 0.15) is 0 Å². The fourth-order valence-electron chi connectivity index (χ4n) is 1.47. The Hall–Kier alpha value is -1.70. The van der Waals surface area contributed by atoms with Gasteiger partial charge in [-0.05, 0) is 17.7 Å². The van der Waals surface area contributed by atoms with Crippen LogP contribution in [-0.2, 0) is 4.74 Å². The van der Waals surface area contributed by atoms with Gasteiger partial charge in [0.05, 0.1) is 25.2 Å². The summed E-state index contributed by atoms with van der Waals surface area (Å²) in [6.45, 7) is 0. The second-order valence-corrected chi connectivity index (χ2v) is 4.04. The van der Waals surface area contributed by atoms with Gasteiger partial charge < -0.3 is 9.84 Å². The van der Waals surface area contributed by atoms with Gasteiger partial charge in [-0.2, -0.15) is 22.0 Å². The normalized spacial score (nSPS) is 13.9. The molecule has 1 rings (SSSR count). The van der Waals surface area contributed by atoms with E-state index < -0.39 is 30.6 Å². The number of hydrogen-bond donors (Lipinski definition) is 1.